The fourth-order valence-electron chi connectivity index (χ4n) is 2.93. The number of hydrogen-bond acceptors (Lipinski definition) is 3. The number of aryl methyl sites for hydroxylation is 1. The van der Waals surface area contributed by atoms with Gasteiger partial charge in [0.15, 0.2) is 0 Å². The third-order valence-corrected chi connectivity index (χ3v) is 5.22. The van der Waals surface area contributed by atoms with Crippen molar-refractivity contribution in [2.75, 3.05) is 0 Å². The van der Waals surface area contributed by atoms with Crippen LogP contribution >= 0.6 is 0 Å². The molecule has 3 heteroatoms. The van der Waals surface area contributed by atoms with Gasteiger partial charge in [-0.3, -0.25) is 4.84 Å². The van der Waals surface area contributed by atoms with E-state index in [1.807, 2.05) is 13.8 Å². The zero-order chi connectivity index (χ0) is 16.4. The molecule has 1 aliphatic carbocycles. The molecule has 1 unspecified atom stereocenters. The molecule has 1 atom stereocenters. The molecule has 0 radical (unpaired) electrons. The predicted octanol–water partition coefficient (Wildman–Crippen LogP) is 4.09. The maximum atomic E-state index is 10.1. The van der Waals surface area contributed by atoms with E-state index < -0.39 is 11.2 Å². The summed E-state index contributed by atoms with van der Waals surface area (Å²) in [7, 11) is 0. The number of hydrogen-bond donors (Lipinski definition) is 2. The summed E-state index contributed by atoms with van der Waals surface area (Å²) >= 11 is 0. The van der Waals surface area contributed by atoms with Crippen LogP contribution in [-0.4, -0.2) is 16.3 Å². The first-order valence-corrected chi connectivity index (χ1v) is 8.49. The van der Waals surface area contributed by atoms with Crippen LogP contribution in [0.4, 0.5) is 0 Å². The zero-order valence-electron chi connectivity index (χ0n) is 14.7. The lowest BCUT2D eigenvalue weighted by molar-refractivity contribution is -0.184. The molecule has 1 aliphatic rings. The van der Waals surface area contributed by atoms with E-state index in [1.54, 1.807) is 13.8 Å². The Bertz CT molecular complexity index is 503. The molecule has 1 aromatic carbocycles. The van der Waals surface area contributed by atoms with Gasteiger partial charge in [-0.05, 0) is 76.0 Å². The molecule has 0 spiro atoms. The quantitative estimate of drug-likeness (QED) is 0.778. The van der Waals surface area contributed by atoms with Crippen LogP contribution in [-0.2, 0) is 17.8 Å². The van der Waals surface area contributed by atoms with E-state index in [-0.39, 0.29) is 0 Å². The first kappa shape index (κ1) is 17.5. The summed E-state index contributed by atoms with van der Waals surface area (Å²) in [4.78, 5) is 5.68. The van der Waals surface area contributed by atoms with Crippen LogP contribution in [0, 0.1) is 0 Å². The standard InChI is InChI=1S/C19H31NO2/c1-6-15-8-7-9-16-12-14(10-11-17(15)16)13-20-22-19(4,5)18(2,3)21/h10-12,15,20-21H,6-9,13H2,1-5H3. The molecule has 0 fully saturated rings. The molecule has 0 aliphatic heterocycles. The van der Waals surface area contributed by atoms with Gasteiger partial charge in [0.2, 0.25) is 0 Å². The van der Waals surface area contributed by atoms with Gasteiger partial charge in [0.05, 0.1) is 5.60 Å². The molecule has 0 bridgehead atoms. The molecule has 2 N–H and O–H groups in total. The van der Waals surface area contributed by atoms with Crippen LogP contribution in [0.25, 0.3) is 0 Å². The lowest BCUT2D eigenvalue weighted by atomic mass is 9.81. The number of fused-ring (bicyclic) bond motifs is 1. The van der Waals surface area contributed by atoms with Crippen LogP contribution in [0.1, 0.15) is 76.5 Å². The number of aliphatic hydroxyl groups is 1. The Morgan fingerprint density at radius 3 is 2.64 bits per heavy atom. The fourth-order valence-corrected chi connectivity index (χ4v) is 2.93. The smallest absolute Gasteiger partial charge is 0.112 e. The van der Waals surface area contributed by atoms with Crippen LogP contribution in [0.3, 0.4) is 0 Å². The molecular formula is C19H31NO2. The molecule has 0 saturated heterocycles. The largest absolute Gasteiger partial charge is 0.387 e. The normalized spacial score (nSPS) is 19.1. The Hall–Kier alpha value is -0.900. The Kier molecular flexibility index (Phi) is 5.31. The summed E-state index contributed by atoms with van der Waals surface area (Å²) in [5, 5.41) is 10.1. The predicted molar refractivity (Wildman–Crippen MR) is 90.7 cm³/mol. The molecule has 1 aromatic rings. The first-order chi connectivity index (χ1) is 10.2. The highest BCUT2D eigenvalue weighted by atomic mass is 16.7. The molecule has 0 aromatic heterocycles. The van der Waals surface area contributed by atoms with E-state index in [2.05, 4.69) is 30.6 Å². The highest BCUT2D eigenvalue weighted by Gasteiger charge is 2.36. The Morgan fingerprint density at radius 2 is 2.00 bits per heavy atom. The van der Waals surface area contributed by atoms with Crippen molar-refractivity contribution in [3.05, 3.63) is 34.9 Å². The summed E-state index contributed by atoms with van der Waals surface area (Å²) in [6.07, 6.45) is 5.04. The second-order valence-corrected chi connectivity index (χ2v) is 7.52. The van der Waals surface area contributed by atoms with Crippen molar-refractivity contribution < 1.29 is 9.94 Å². The van der Waals surface area contributed by atoms with Gasteiger partial charge in [0.25, 0.3) is 0 Å². The Labute approximate surface area is 135 Å². The van der Waals surface area contributed by atoms with E-state index in [9.17, 15) is 5.11 Å². The highest BCUT2D eigenvalue weighted by Crippen LogP contribution is 2.34. The molecule has 2 rings (SSSR count). The lowest BCUT2D eigenvalue weighted by Gasteiger charge is -2.36. The van der Waals surface area contributed by atoms with E-state index in [0.717, 1.165) is 5.92 Å². The SMILES string of the molecule is CCC1CCCc2cc(CNOC(C)(C)C(C)(C)O)ccc21. The van der Waals surface area contributed by atoms with Gasteiger partial charge in [0.1, 0.15) is 5.60 Å². The molecule has 3 nitrogen and oxygen atoms in total. The Morgan fingerprint density at radius 1 is 1.27 bits per heavy atom. The minimum atomic E-state index is -0.899. The average molecular weight is 305 g/mol. The van der Waals surface area contributed by atoms with Gasteiger partial charge < -0.3 is 5.11 Å². The maximum Gasteiger partial charge on any atom is 0.112 e. The monoisotopic (exact) mass is 305 g/mol. The van der Waals surface area contributed by atoms with Crippen molar-refractivity contribution in [1.29, 1.82) is 0 Å². The molecule has 22 heavy (non-hydrogen) atoms. The molecular weight excluding hydrogens is 274 g/mol. The van der Waals surface area contributed by atoms with Gasteiger partial charge in [-0.15, -0.1) is 0 Å². The van der Waals surface area contributed by atoms with Gasteiger partial charge in [-0.1, -0.05) is 25.1 Å². The summed E-state index contributed by atoms with van der Waals surface area (Å²) < 4.78 is 0. The minimum absolute atomic E-state index is 0.644. The molecule has 0 heterocycles. The molecule has 0 saturated carbocycles. The number of rotatable bonds is 6. The van der Waals surface area contributed by atoms with Gasteiger partial charge in [-0.25, -0.2) is 0 Å². The summed E-state index contributed by atoms with van der Waals surface area (Å²) in [5.74, 6) is 0.733. The Balaban J connectivity index is 1.98. The van der Waals surface area contributed by atoms with Crippen molar-refractivity contribution >= 4 is 0 Å². The third kappa shape index (κ3) is 3.89. The average Bonchev–Trinajstić information content (AvgIpc) is 2.45. The van der Waals surface area contributed by atoms with Gasteiger partial charge in [-0.2, -0.15) is 5.48 Å². The van der Waals surface area contributed by atoms with Gasteiger partial charge >= 0.3 is 0 Å². The first-order valence-electron chi connectivity index (χ1n) is 8.49. The summed E-state index contributed by atoms with van der Waals surface area (Å²) in [6.45, 7) is 10.2. The fraction of sp³-hybridized carbons (Fsp3) is 0.684. The summed E-state index contributed by atoms with van der Waals surface area (Å²) in [5.41, 5.74) is 5.75. The second kappa shape index (κ2) is 6.69. The van der Waals surface area contributed by atoms with E-state index in [4.69, 9.17) is 4.84 Å². The van der Waals surface area contributed by atoms with Crippen molar-refractivity contribution in [2.45, 2.75) is 84.0 Å². The number of nitrogens with one attached hydrogen (secondary N) is 1. The molecule has 124 valence electrons. The maximum absolute atomic E-state index is 10.1. The third-order valence-electron chi connectivity index (χ3n) is 5.22. The number of hydroxylamine groups is 1. The number of benzene rings is 1. The zero-order valence-corrected chi connectivity index (χ0v) is 14.7. The van der Waals surface area contributed by atoms with Crippen molar-refractivity contribution in [3.63, 3.8) is 0 Å². The van der Waals surface area contributed by atoms with Crippen molar-refractivity contribution in [1.82, 2.24) is 5.48 Å². The summed E-state index contributed by atoms with van der Waals surface area (Å²) in [6, 6.07) is 6.80. The molecule has 0 amide bonds. The van der Waals surface area contributed by atoms with Gasteiger partial charge in [0, 0.05) is 6.54 Å². The second-order valence-electron chi connectivity index (χ2n) is 7.52. The minimum Gasteiger partial charge on any atom is -0.387 e. The van der Waals surface area contributed by atoms with Crippen LogP contribution in [0.2, 0.25) is 0 Å². The van der Waals surface area contributed by atoms with E-state index in [1.165, 1.54) is 42.4 Å². The van der Waals surface area contributed by atoms with Crippen LogP contribution < -0.4 is 5.48 Å². The van der Waals surface area contributed by atoms with Crippen LogP contribution in [0.5, 0.6) is 0 Å². The van der Waals surface area contributed by atoms with Crippen LogP contribution in [0.15, 0.2) is 18.2 Å². The van der Waals surface area contributed by atoms with E-state index >= 15 is 0 Å². The van der Waals surface area contributed by atoms with Crippen molar-refractivity contribution in [3.8, 4) is 0 Å². The van der Waals surface area contributed by atoms with Crippen molar-refractivity contribution in [2.24, 2.45) is 0 Å². The lowest BCUT2D eigenvalue weighted by Crippen LogP contribution is -2.49. The topological polar surface area (TPSA) is 41.5 Å². The van der Waals surface area contributed by atoms with E-state index in [0.29, 0.717) is 6.54 Å². The highest BCUT2D eigenvalue weighted by molar-refractivity contribution is 5.36.